The number of carbonyl (C=O) groups excluding carboxylic acids is 1. The zero-order chi connectivity index (χ0) is 23.4. The van der Waals surface area contributed by atoms with E-state index in [-0.39, 0.29) is 17.2 Å². The van der Waals surface area contributed by atoms with Crippen molar-refractivity contribution in [2.45, 2.75) is 18.0 Å². The molecule has 0 aliphatic rings. The van der Waals surface area contributed by atoms with Crippen LogP contribution in [-0.4, -0.2) is 50.7 Å². The number of nitrogens with two attached hydrogens (primary N) is 1. The summed E-state index contributed by atoms with van der Waals surface area (Å²) >= 11 is 5.87. The third kappa shape index (κ3) is 6.34. The number of esters is 1. The predicted molar refractivity (Wildman–Crippen MR) is 110 cm³/mol. The number of aliphatic imine (C=N–C) groups is 1. The highest BCUT2D eigenvalue weighted by Gasteiger charge is 2.35. The average molecular weight is 478 g/mol. The fraction of sp³-hybridized carbons (Fsp3) is 0.263. The summed E-state index contributed by atoms with van der Waals surface area (Å²) in [6, 6.07) is 8.85. The smallest absolute Gasteiger partial charge is 0.432 e. The number of benzene rings is 1. The first kappa shape index (κ1) is 24.5. The normalized spacial score (nSPS) is 13.7. The van der Waals surface area contributed by atoms with Crippen molar-refractivity contribution in [1.29, 1.82) is 0 Å². The Balaban J connectivity index is 2.53. The van der Waals surface area contributed by atoms with Gasteiger partial charge in [-0.2, -0.15) is 13.2 Å². The van der Waals surface area contributed by atoms with Crippen LogP contribution in [0.2, 0.25) is 0 Å². The molecule has 0 saturated carbocycles. The Morgan fingerprint density at radius 3 is 2.52 bits per heavy atom. The molecule has 0 fully saturated rings. The Labute approximate surface area is 181 Å². The second kappa shape index (κ2) is 9.56. The minimum absolute atomic E-state index is 0.0428. The number of rotatable bonds is 7. The van der Waals surface area contributed by atoms with Crippen LogP contribution in [0, 0.1) is 0 Å². The monoisotopic (exact) mass is 477 g/mol. The van der Waals surface area contributed by atoms with Gasteiger partial charge < -0.3 is 15.5 Å². The summed E-state index contributed by atoms with van der Waals surface area (Å²) < 4.78 is 67.4. The molecular formula is C19H19ClF3N3O4S. The lowest BCUT2D eigenvalue weighted by Crippen LogP contribution is -2.24. The molecule has 0 amide bonds. The van der Waals surface area contributed by atoms with Crippen molar-refractivity contribution >= 4 is 33.1 Å². The van der Waals surface area contributed by atoms with Crippen molar-refractivity contribution in [3.8, 4) is 11.3 Å². The number of alkyl halides is 3. The fourth-order valence-corrected chi connectivity index (χ4v) is 3.41. The summed E-state index contributed by atoms with van der Waals surface area (Å²) in [6.07, 6.45) is -3.86. The maximum atomic E-state index is 13.0. The van der Waals surface area contributed by atoms with Gasteiger partial charge in [-0.15, -0.1) is 0 Å². The van der Waals surface area contributed by atoms with Gasteiger partial charge in [0.2, 0.25) is 0 Å². The van der Waals surface area contributed by atoms with Gasteiger partial charge in [-0.3, -0.25) is 9.79 Å². The summed E-state index contributed by atoms with van der Waals surface area (Å²) in [5.41, 5.74) is 4.05. The summed E-state index contributed by atoms with van der Waals surface area (Å²) in [7, 11) is -3.47. The number of hydrogen-bond acceptors (Lipinski definition) is 6. The number of carbonyl (C=O) groups is 1. The maximum absolute atomic E-state index is 13.0. The molecule has 2 aromatic rings. The highest BCUT2D eigenvalue weighted by molar-refractivity contribution is 7.90. The van der Waals surface area contributed by atoms with Crippen molar-refractivity contribution < 1.29 is 31.1 Å². The van der Waals surface area contributed by atoms with E-state index in [9.17, 15) is 26.4 Å². The van der Waals surface area contributed by atoms with Crippen molar-refractivity contribution in [1.82, 2.24) is 4.98 Å². The second-order valence-corrected chi connectivity index (χ2v) is 8.67. The Hall–Kier alpha value is -2.79. The molecule has 3 N–H and O–H groups in total. The number of allylic oxidation sites excluding steroid dienone is 2. The molecule has 2 rings (SSSR count). The van der Waals surface area contributed by atoms with E-state index >= 15 is 0 Å². The fourth-order valence-electron chi connectivity index (χ4n) is 2.47. The Bertz CT molecular complexity index is 1140. The van der Waals surface area contributed by atoms with Crippen molar-refractivity contribution in [2.75, 3.05) is 19.4 Å². The third-order valence-corrected chi connectivity index (χ3v) is 5.43. The van der Waals surface area contributed by atoms with E-state index < -0.39 is 45.0 Å². The highest BCUT2D eigenvalue weighted by atomic mass is 35.5. The van der Waals surface area contributed by atoms with Crippen LogP contribution in [0.4, 0.5) is 13.2 Å². The molecule has 12 heteroatoms. The number of sulfone groups is 1. The van der Waals surface area contributed by atoms with Crippen LogP contribution in [0.3, 0.4) is 0 Å². The van der Waals surface area contributed by atoms with Gasteiger partial charge >= 0.3 is 12.1 Å². The third-order valence-electron chi connectivity index (χ3n) is 3.94. The van der Waals surface area contributed by atoms with Crippen LogP contribution < -0.4 is 5.73 Å². The molecule has 0 radical (unpaired) electrons. The summed E-state index contributed by atoms with van der Waals surface area (Å²) in [6.45, 7) is 1.06. The SMILES string of the molecule is CCOC(=O)CN=C(/C(Cl)=C(\N)C(F)(F)F)c1ccc(-c2cccc(S(C)(=O)=O)c2)[nH]1. The van der Waals surface area contributed by atoms with Gasteiger partial charge in [0.15, 0.2) is 9.84 Å². The second-order valence-electron chi connectivity index (χ2n) is 6.28. The number of H-pyrrole nitrogens is 1. The Morgan fingerprint density at radius 2 is 1.94 bits per heavy atom. The van der Waals surface area contributed by atoms with Crippen LogP contribution in [0.15, 0.2) is 57.0 Å². The summed E-state index contributed by atoms with van der Waals surface area (Å²) in [5, 5.41) is -0.893. The first-order chi connectivity index (χ1) is 14.3. The molecule has 1 heterocycles. The topological polar surface area (TPSA) is 115 Å². The molecule has 1 aromatic carbocycles. The van der Waals surface area contributed by atoms with Crippen LogP contribution in [0.5, 0.6) is 0 Å². The number of halogens is 4. The zero-order valence-corrected chi connectivity index (χ0v) is 18.0. The molecule has 0 spiro atoms. The van der Waals surface area contributed by atoms with Crippen LogP contribution in [-0.2, 0) is 19.4 Å². The standard InChI is InChI=1S/C19H19ClF3N3O4S/c1-3-30-15(27)10-25-17(16(20)18(24)19(21,22)23)14-8-7-13(26-14)11-5-4-6-12(9-11)31(2,28)29/h4-9,26H,3,10,24H2,1-2H3/b18-16+,25-17?. The Morgan fingerprint density at radius 1 is 1.26 bits per heavy atom. The van der Waals surface area contributed by atoms with E-state index in [1.54, 1.807) is 13.0 Å². The molecule has 0 atom stereocenters. The molecular weight excluding hydrogens is 459 g/mol. The van der Waals surface area contributed by atoms with Gasteiger partial charge in [0.1, 0.15) is 18.0 Å². The average Bonchev–Trinajstić information content (AvgIpc) is 3.16. The van der Waals surface area contributed by atoms with Crippen molar-refractivity contribution in [2.24, 2.45) is 10.7 Å². The van der Waals surface area contributed by atoms with Crippen LogP contribution in [0.1, 0.15) is 12.6 Å². The van der Waals surface area contributed by atoms with Gasteiger partial charge in [0, 0.05) is 11.9 Å². The number of nitrogens with one attached hydrogen (secondary N) is 1. The van der Waals surface area contributed by atoms with E-state index in [1.165, 1.54) is 30.3 Å². The van der Waals surface area contributed by atoms with Gasteiger partial charge in [0.25, 0.3) is 0 Å². The minimum Gasteiger partial charge on any atom is -0.465 e. The summed E-state index contributed by atoms with van der Waals surface area (Å²) in [5.74, 6) is -0.761. The number of aromatic amines is 1. The molecule has 0 bridgehead atoms. The molecule has 0 unspecified atom stereocenters. The lowest BCUT2D eigenvalue weighted by atomic mass is 10.2. The van der Waals surface area contributed by atoms with Gasteiger partial charge in [-0.1, -0.05) is 23.7 Å². The lowest BCUT2D eigenvalue weighted by Gasteiger charge is -2.11. The molecule has 0 saturated heterocycles. The maximum Gasteiger partial charge on any atom is 0.432 e. The molecule has 168 valence electrons. The van der Waals surface area contributed by atoms with Crippen molar-refractivity contribution in [3.63, 3.8) is 0 Å². The minimum atomic E-state index is -4.92. The number of hydrogen-bond donors (Lipinski definition) is 2. The van der Waals surface area contributed by atoms with Crippen LogP contribution in [0.25, 0.3) is 11.3 Å². The molecule has 7 nitrogen and oxygen atoms in total. The van der Waals surface area contributed by atoms with Gasteiger partial charge in [0.05, 0.1) is 22.2 Å². The molecule has 31 heavy (non-hydrogen) atoms. The molecule has 1 aromatic heterocycles. The largest absolute Gasteiger partial charge is 0.465 e. The molecule has 0 aliphatic carbocycles. The van der Waals surface area contributed by atoms with E-state index in [2.05, 4.69) is 9.98 Å². The zero-order valence-electron chi connectivity index (χ0n) is 16.5. The number of nitrogens with zero attached hydrogens (tertiary/aromatic N) is 1. The van der Waals surface area contributed by atoms with E-state index in [0.29, 0.717) is 11.3 Å². The molecule has 0 aliphatic heterocycles. The lowest BCUT2D eigenvalue weighted by molar-refractivity contribution is -0.141. The van der Waals surface area contributed by atoms with E-state index in [4.69, 9.17) is 22.1 Å². The number of aromatic nitrogens is 1. The highest BCUT2D eigenvalue weighted by Crippen LogP contribution is 2.29. The quantitative estimate of drug-likeness (QED) is 0.468. The Kier molecular flexibility index (Phi) is 7.55. The predicted octanol–water partition coefficient (Wildman–Crippen LogP) is 3.41. The van der Waals surface area contributed by atoms with Crippen LogP contribution >= 0.6 is 11.6 Å². The van der Waals surface area contributed by atoms with Gasteiger partial charge in [-0.05, 0) is 36.8 Å². The van der Waals surface area contributed by atoms with Crippen molar-refractivity contribution in [3.05, 3.63) is 52.8 Å². The first-order valence-electron chi connectivity index (χ1n) is 8.77. The van der Waals surface area contributed by atoms with E-state index in [0.717, 1.165) is 6.26 Å². The van der Waals surface area contributed by atoms with E-state index in [1.807, 2.05) is 0 Å². The number of ether oxygens (including phenoxy) is 1. The van der Waals surface area contributed by atoms with Gasteiger partial charge in [-0.25, -0.2) is 8.42 Å². The first-order valence-corrected chi connectivity index (χ1v) is 11.0. The summed E-state index contributed by atoms with van der Waals surface area (Å²) in [4.78, 5) is 18.4.